The fourth-order valence-corrected chi connectivity index (χ4v) is 3.37. The minimum Gasteiger partial charge on any atom is -0.376 e. The Hall–Kier alpha value is -2.08. The summed E-state index contributed by atoms with van der Waals surface area (Å²) in [5.74, 6) is 6.32. The summed E-state index contributed by atoms with van der Waals surface area (Å²) in [6.07, 6.45) is 3.84. The van der Waals surface area contributed by atoms with Crippen molar-refractivity contribution in [1.29, 1.82) is 0 Å². The quantitative estimate of drug-likeness (QED) is 0.836. The van der Waals surface area contributed by atoms with Crippen molar-refractivity contribution in [3.05, 3.63) is 71.8 Å². The molecule has 0 bridgehead atoms. The van der Waals surface area contributed by atoms with Crippen molar-refractivity contribution in [3.63, 3.8) is 0 Å². The van der Waals surface area contributed by atoms with Crippen LogP contribution < -0.4 is 5.32 Å². The van der Waals surface area contributed by atoms with Crippen LogP contribution >= 0.6 is 0 Å². The lowest BCUT2D eigenvalue weighted by Crippen LogP contribution is -2.52. The molecule has 2 N–H and O–H groups in total. The molecular weight excluding hydrogens is 294 g/mol. The van der Waals surface area contributed by atoms with Crippen molar-refractivity contribution >= 4 is 0 Å². The van der Waals surface area contributed by atoms with Crippen molar-refractivity contribution in [3.8, 4) is 11.8 Å². The Labute approximate surface area is 144 Å². The van der Waals surface area contributed by atoms with Crippen LogP contribution in [-0.4, -0.2) is 16.7 Å². The molecule has 2 nitrogen and oxygen atoms in total. The molecule has 0 spiro atoms. The fourth-order valence-electron chi connectivity index (χ4n) is 3.37. The number of hydrogen-bond donors (Lipinski definition) is 2. The van der Waals surface area contributed by atoms with Gasteiger partial charge in [0.25, 0.3) is 0 Å². The van der Waals surface area contributed by atoms with E-state index in [0.717, 1.165) is 31.2 Å². The average molecular weight is 319 g/mol. The summed E-state index contributed by atoms with van der Waals surface area (Å²) >= 11 is 0. The molecule has 1 saturated carbocycles. The third-order valence-electron chi connectivity index (χ3n) is 4.83. The normalized spacial score (nSPS) is 24.7. The van der Waals surface area contributed by atoms with Crippen molar-refractivity contribution in [2.75, 3.05) is 0 Å². The van der Waals surface area contributed by atoms with Gasteiger partial charge in [-0.05, 0) is 43.9 Å². The van der Waals surface area contributed by atoms with Gasteiger partial charge < -0.3 is 10.4 Å². The fraction of sp³-hybridized carbons (Fsp3) is 0.364. The topological polar surface area (TPSA) is 32.3 Å². The van der Waals surface area contributed by atoms with E-state index in [9.17, 15) is 5.11 Å². The summed E-state index contributed by atoms with van der Waals surface area (Å²) in [4.78, 5) is 0. The molecule has 0 radical (unpaired) electrons. The molecule has 0 heterocycles. The highest BCUT2D eigenvalue weighted by Crippen LogP contribution is 2.30. The third kappa shape index (κ3) is 4.06. The van der Waals surface area contributed by atoms with Crippen LogP contribution in [0.5, 0.6) is 0 Å². The van der Waals surface area contributed by atoms with Crippen LogP contribution in [0.4, 0.5) is 0 Å². The van der Waals surface area contributed by atoms with Gasteiger partial charge in [0.2, 0.25) is 0 Å². The molecule has 2 aromatic carbocycles. The Morgan fingerprint density at radius 3 is 2.42 bits per heavy atom. The maximum Gasteiger partial charge on any atom is 0.141 e. The van der Waals surface area contributed by atoms with Gasteiger partial charge in [-0.15, -0.1) is 0 Å². The maximum atomic E-state index is 11.2. The van der Waals surface area contributed by atoms with Crippen LogP contribution in [0, 0.1) is 11.8 Å². The Morgan fingerprint density at radius 2 is 1.71 bits per heavy atom. The molecule has 0 amide bonds. The van der Waals surface area contributed by atoms with Crippen molar-refractivity contribution in [1.82, 2.24) is 5.32 Å². The van der Waals surface area contributed by atoms with Gasteiger partial charge >= 0.3 is 0 Å². The first-order valence-corrected chi connectivity index (χ1v) is 8.79. The molecule has 1 aliphatic rings. The van der Waals surface area contributed by atoms with Gasteiger partial charge in [-0.25, -0.2) is 0 Å². The van der Waals surface area contributed by atoms with Crippen LogP contribution in [0.25, 0.3) is 0 Å². The summed E-state index contributed by atoms with van der Waals surface area (Å²) in [6.45, 7) is 2.15. The van der Waals surface area contributed by atoms with Gasteiger partial charge in [0, 0.05) is 17.6 Å². The van der Waals surface area contributed by atoms with Gasteiger partial charge in [-0.1, -0.05) is 66.8 Å². The average Bonchev–Trinajstić information content (AvgIpc) is 2.64. The first-order valence-electron chi connectivity index (χ1n) is 8.79. The number of nitrogens with one attached hydrogen (secondary N) is 1. The second-order valence-electron chi connectivity index (χ2n) is 6.64. The molecule has 0 aromatic heterocycles. The third-order valence-corrected chi connectivity index (χ3v) is 4.83. The molecule has 0 unspecified atom stereocenters. The second-order valence-corrected chi connectivity index (χ2v) is 6.64. The molecule has 1 aliphatic carbocycles. The zero-order chi connectivity index (χ0) is 16.8. The van der Waals surface area contributed by atoms with E-state index >= 15 is 0 Å². The van der Waals surface area contributed by atoms with E-state index in [0.29, 0.717) is 0 Å². The lowest BCUT2D eigenvalue weighted by molar-refractivity contribution is 0.0221. The van der Waals surface area contributed by atoms with E-state index in [1.807, 2.05) is 36.4 Å². The lowest BCUT2D eigenvalue weighted by Gasteiger charge is -2.38. The van der Waals surface area contributed by atoms with Crippen LogP contribution in [0.2, 0.25) is 0 Å². The summed E-state index contributed by atoms with van der Waals surface area (Å²) in [5, 5.41) is 14.8. The van der Waals surface area contributed by atoms with Gasteiger partial charge in [0.05, 0.1) is 0 Å². The first-order chi connectivity index (χ1) is 11.7. The Kier molecular flexibility index (Phi) is 5.35. The van der Waals surface area contributed by atoms with E-state index in [1.54, 1.807) is 0 Å². The van der Waals surface area contributed by atoms with Crippen LogP contribution in [0.1, 0.15) is 49.8 Å². The SMILES string of the molecule is C[C@@H](N[C@H]1CCCC[C@]1(O)C#Cc1ccccc1)c1ccccc1. The van der Waals surface area contributed by atoms with Crippen LogP contribution in [0.15, 0.2) is 60.7 Å². The first kappa shape index (κ1) is 16.8. The number of benzene rings is 2. The van der Waals surface area contributed by atoms with E-state index in [4.69, 9.17) is 0 Å². The Bertz CT molecular complexity index is 701. The Morgan fingerprint density at radius 1 is 1.04 bits per heavy atom. The lowest BCUT2D eigenvalue weighted by atomic mass is 9.80. The monoisotopic (exact) mass is 319 g/mol. The Balaban J connectivity index is 1.76. The summed E-state index contributed by atoms with van der Waals surface area (Å²) < 4.78 is 0. The molecular formula is C22H25NO. The molecule has 2 aromatic rings. The number of aliphatic hydroxyl groups is 1. The molecule has 3 atom stereocenters. The smallest absolute Gasteiger partial charge is 0.141 e. The standard InChI is InChI=1S/C22H25NO/c1-18(20-12-6-3-7-13-20)23-21-14-8-9-16-22(21,24)17-15-19-10-4-2-5-11-19/h2-7,10-13,18,21,23-24H,8-9,14,16H2,1H3/t18-,21+,22+/m1/s1. The van der Waals surface area contributed by atoms with E-state index in [1.165, 1.54) is 5.56 Å². The van der Waals surface area contributed by atoms with E-state index in [2.05, 4.69) is 48.3 Å². The molecule has 3 rings (SSSR count). The minimum atomic E-state index is -0.961. The highest BCUT2D eigenvalue weighted by atomic mass is 16.3. The van der Waals surface area contributed by atoms with Crippen LogP contribution in [-0.2, 0) is 0 Å². The van der Waals surface area contributed by atoms with Gasteiger partial charge in [0.1, 0.15) is 5.60 Å². The van der Waals surface area contributed by atoms with E-state index < -0.39 is 5.60 Å². The molecule has 124 valence electrons. The summed E-state index contributed by atoms with van der Waals surface area (Å²) in [7, 11) is 0. The number of hydrogen-bond acceptors (Lipinski definition) is 2. The molecule has 0 aliphatic heterocycles. The van der Waals surface area contributed by atoms with Gasteiger partial charge in [0.15, 0.2) is 0 Å². The predicted octanol–water partition coefficient (Wildman–Crippen LogP) is 4.06. The van der Waals surface area contributed by atoms with Crippen LogP contribution in [0.3, 0.4) is 0 Å². The summed E-state index contributed by atoms with van der Waals surface area (Å²) in [5.41, 5.74) is 1.23. The second kappa shape index (κ2) is 7.66. The van der Waals surface area contributed by atoms with E-state index in [-0.39, 0.29) is 12.1 Å². The highest BCUT2D eigenvalue weighted by molar-refractivity contribution is 5.37. The molecule has 2 heteroatoms. The van der Waals surface area contributed by atoms with Gasteiger partial charge in [-0.3, -0.25) is 0 Å². The van der Waals surface area contributed by atoms with Crippen molar-refractivity contribution in [2.45, 2.75) is 50.3 Å². The van der Waals surface area contributed by atoms with Crippen molar-refractivity contribution < 1.29 is 5.11 Å². The zero-order valence-electron chi connectivity index (χ0n) is 14.2. The summed E-state index contributed by atoms with van der Waals surface area (Å²) in [6, 6.07) is 20.4. The zero-order valence-corrected chi connectivity index (χ0v) is 14.2. The largest absolute Gasteiger partial charge is 0.376 e. The molecule has 24 heavy (non-hydrogen) atoms. The predicted molar refractivity (Wildman–Crippen MR) is 98.5 cm³/mol. The van der Waals surface area contributed by atoms with Gasteiger partial charge in [-0.2, -0.15) is 0 Å². The minimum absolute atomic E-state index is 0.00216. The molecule has 0 saturated heterocycles. The molecule has 1 fully saturated rings. The highest BCUT2D eigenvalue weighted by Gasteiger charge is 2.38. The van der Waals surface area contributed by atoms with Crippen molar-refractivity contribution in [2.24, 2.45) is 0 Å². The number of rotatable bonds is 3. The maximum absolute atomic E-state index is 11.2.